The molecule has 1 aromatic heterocycles. The minimum absolute atomic E-state index is 0.0590. The van der Waals surface area contributed by atoms with Crippen molar-refractivity contribution >= 4 is 27.7 Å². The maximum absolute atomic E-state index is 12.0. The average molecular weight is 365 g/mol. The molecule has 1 aliphatic carbocycles. The Morgan fingerprint density at radius 2 is 2.09 bits per heavy atom. The zero-order valence-electron chi connectivity index (χ0n) is 12.4. The Morgan fingerprint density at radius 3 is 2.73 bits per heavy atom. The third-order valence-electron chi connectivity index (χ3n) is 3.77. The van der Waals surface area contributed by atoms with Crippen molar-refractivity contribution in [2.45, 2.75) is 32.8 Å². The van der Waals surface area contributed by atoms with Gasteiger partial charge in [0.2, 0.25) is 0 Å². The first-order chi connectivity index (χ1) is 10.5. The maximum atomic E-state index is 12.0. The number of halogens is 1. The van der Waals surface area contributed by atoms with Crippen molar-refractivity contribution < 1.29 is 14.1 Å². The highest BCUT2D eigenvalue weighted by Crippen LogP contribution is 2.35. The fraction of sp³-hybridized carbons (Fsp3) is 0.375. The highest BCUT2D eigenvalue weighted by molar-refractivity contribution is 9.10. The molecule has 1 aliphatic rings. The van der Waals surface area contributed by atoms with Gasteiger partial charge in [-0.15, -0.1) is 0 Å². The molecule has 3 rings (SSSR count). The Kier molecular flexibility index (Phi) is 4.20. The summed E-state index contributed by atoms with van der Waals surface area (Å²) in [4.78, 5) is 12.0. The molecule has 1 N–H and O–H groups in total. The molecule has 1 saturated carbocycles. The van der Waals surface area contributed by atoms with Crippen LogP contribution in [0.2, 0.25) is 0 Å². The molecule has 1 heterocycles. The van der Waals surface area contributed by atoms with Gasteiger partial charge >= 0.3 is 6.09 Å². The molecule has 0 saturated heterocycles. The van der Waals surface area contributed by atoms with E-state index < -0.39 is 6.09 Å². The van der Waals surface area contributed by atoms with E-state index in [2.05, 4.69) is 26.4 Å². The van der Waals surface area contributed by atoms with Crippen LogP contribution in [-0.2, 0) is 4.74 Å². The molecule has 1 aromatic carbocycles. The normalized spacial score (nSPS) is 15.4. The van der Waals surface area contributed by atoms with Crippen LogP contribution < -0.4 is 5.32 Å². The summed E-state index contributed by atoms with van der Waals surface area (Å²) in [6.07, 6.45) is 1.73. The number of aryl methyl sites for hydroxylation is 1. The standard InChI is InChI=1S/C16H17BrN2O3/c1-9-14(18-16(20)21-10(2)11-3-4-11)15(22-19-9)12-5-7-13(17)8-6-12/h5-8,10-11H,3-4H2,1-2H3,(H,18,20)/t10-/m1/s1. The molecule has 2 aromatic rings. The zero-order chi connectivity index (χ0) is 15.7. The van der Waals surface area contributed by atoms with Gasteiger partial charge in [-0.3, -0.25) is 5.32 Å². The van der Waals surface area contributed by atoms with E-state index in [1.807, 2.05) is 31.2 Å². The van der Waals surface area contributed by atoms with Crippen LogP contribution in [0.5, 0.6) is 0 Å². The number of nitrogens with zero attached hydrogens (tertiary/aromatic N) is 1. The molecule has 1 amide bonds. The van der Waals surface area contributed by atoms with Crippen molar-refractivity contribution in [3.8, 4) is 11.3 Å². The lowest BCUT2D eigenvalue weighted by molar-refractivity contribution is 0.108. The van der Waals surface area contributed by atoms with Gasteiger partial charge in [0.25, 0.3) is 0 Å². The molecular formula is C16H17BrN2O3. The Labute approximate surface area is 137 Å². The van der Waals surface area contributed by atoms with Crippen LogP contribution in [0.3, 0.4) is 0 Å². The number of ether oxygens (including phenoxy) is 1. The molecule has 1 fully saturated rings. The van der Waals surface area contributed by atoms with Gasteiger partial charge in [0.05, 0.1) is 0 Å². The Morgan fingerprint density at radius 1 is 1.41 bits per heavy atom. The first kappa shape index (κ1) is 15.1. The van der Waals surface area contributed by atoms with Gasteiger partial charge in [0.15, 0.2) is 5.76 Å². The van der Waals surface area contributed by atoms with Crippen molar-refractivity contribution in [3.63, 3.8) is 0 Å². The lowest BCUT2D eigenvalue weighted by Crippen LogP contribution is -2.21. The van der Waals surface area contributed by atoms with E-state index in [9.17, 15) is 4.79 Å². The first-order valence-electron chi connectivity index (χ1n) is 7.24. The predicted molar refractivity (Wildman–Crippen MR) is 86.7 cm³/mol. The third kappa shape index (κ3) is 3.32. The molecule has 1 atom stereocenters. The van der Waals surface area contributed by atoms with Gasteiger partial charge < -0.3 is 9.26 Å². The van der Waals surface area contributed by atoms with Crippen LogP contribution in [-0.4, -0.2) is 17.4 Å². The molecule has 22 heavy (non-hydrogen) atoms. The third-order valence-corrected chi connectivity index (χ3v) is 4.30. The van der Waals surface area contributed by atoms with E-state index in [1.54, 1.807) is 6.92 Å². The highest BCUT2D eigenvalue weighted by Gasteiger charge is 2.31. The molecule has 0 unspecified atom stereocenters. The van der Waals surface area contributed by atoms with Gasteiger partial charge in [0.1, 0.15) is 17.5 Å². The number of benzene rings is 1. The van der Waals surface area contributed by atoms with Gasteiger partial charge in [-0.2, -0.15) is 0 Å². The van der Waals surface area contributed by atoms with Gasteiger partial charge in [-0.25, -0.2) is 4.79 Å². The van der Waals surface area contributed by atoms with Crippen LogP contribution in [0.1, 0.15) is 25.5 Å². The van der Waals surface area contributed by atoms with E-state index in [1.165, 1.54) is 0 Å². The van der Waals surface area contributed by atoms with Crippen LogP contribution in [0.15, 0.2) is 33.3 Å². The predicted octanol–water partition coefficient (Wildman–Crippen LogP) is 4.76. The first-order valence-corrected chi connectivity index (χ1v) is 8.03. The van der Waals surface area contributed by atoms with E-state index in [-0.39, 0.29) is 6.10 Å². The lowest BCUT2D eigenvalue weighted by atomic mass is 10.1. The van der Waals surface area contributed by atoms with E-state index >= 15 is 0 Å². The summed E-state index contributed by atoms with van der Waals surface area (Å²) >= 11 is 3.39. The summed E-state index contributed by atoms with van der Waals surface area (Å²) in [5, 5.41) is 6.69. The Hall–Kier alpha value is -1.82. The largest absolute Gasteiger partial charge is 0.446 e. The van der Waals surface area contributed by atoms with E-state index in [0.29, 0.717) is 23.1 Å². The number of anilines is 1. The quantitative estimate of drug-likeness (QED) is 0.849. The van der Waals surface area contributed by atoms with Crippen molar-refractivity contribution in [3.05, 3.63) is 34.4 Å². The molecule has 0 bridgehead atoms. The number of amides is 1. The summed E-state index contributed by atoms with van der Waals surface area (Å²) < 4.78 is 11.7. The summed E-state index contributed by atoms with van der Waals surface area (Å²) in [6, 6.07) is 7.61. The SMILES string of the molecule is Cc1noc(-c2ccc(Br)cc2)c1NC(=O)O[C@H](C)C1CC1. The lowest BCUT2D eigenvalue weighted by Gasteiger charge is -2.13. The van der Waals surface area contributed by atoms with Crippen LogP contribution >= 0.6 is 15.9 Å². The number of rotatable bonds is 4. The van der Waals surface area contributed by atoms with Crippen molar-refractivity contribution in [1.29, 1.82) is 0 Å². The summed E-state index contributed by atoms with van der Waals surface area (Å²) in [7, 11) is 0. The number of carbonyl (C=O) groups excluding carboxylic acids is 1. The molecule has 0 radical (unpaired) electrons. The maximum Gasteiger partial charge on any atom is 0.412 e. The number of hydrogen-bond donors (Lipinski definition) is 1. The van der Waals surface area contributed by atoms with Crippen molar-refractivity contribution in [1.82, 2.24) is 5.16 Å². The number of hydrogen-bond acceptors (Lipinski definition) is 4. The van der Waals surface area contributed by atoms with Crippen LogP contribution in [0.25, 0.3) is 11.3 Å². The van der Waals surface area contributed by atoms with Gasteiger partial charge in [0, 0.05) is 10.0 Å². The van der Waals surface area contributed by atoms with E-state index in [0.717, 1.165) is 22.9 Å². The average Bonchev–Trinajstić information content (AvgIpc) is 3.27. The fourth-order valence-corrected chi connectivity index (χ4v) is 2.54. The van der Waals surface area contributed by atoms with Crippen molar-refractivity contribution in [2.24, 2.45) is 5.92 Å². The topological polar surface area (TPSA) is 64.4 Å². The van der Waals surface area contributed by atoms with E-state index in [4.69, 9.17) is 9.26 Å². The second-order valence-corrected chi connectivity index (χ2v) is 6.47. The van der Waals surface area contributed by atoms with Gasteiger partial charge in [-0.05, 0) is 56.9 Å². The molecule has 116 valence electrons. The zero-order valence-corrected chi connectivity index (χ0v) is 14.0. The number of carbonyl (C=O) groups is 1. The molecular weight excluding hydrogens is 348 g/mol. The molecule has 6 heteroatoms. The summed E-state index contributed by atoms with van der Waals surface area (Å²) in [6.45, 7) is 3.71. The minimum atomic E-state index is -0.468. The fourth-order valence-electron chi connectivity index (χ4n) is 2.28. The summed E-state index contributed by atoms with van der Waals surface area (Å²) in [5.41, 5.74) is 2.01. The van der Waals surface area contributed by atoms with Crippen LogP contribution in [0, 0.1) is 12.8 Å². The van der Waals surface area contributed by atoms with Gasteiger partial charge in [-0.1, -0.05) is 21.1 Å². The smallest absolute Gasteiger partial charge is 0.412 e. The van der Waals surface area contributed by atoms with Crippen molar-refractivity contribution in [2.75, 3.05) is 5.32 Å². The number of nitrogens with one attached hydrogen (secondary N) is 1. The highest BCUT2D eigenvalue weighted by atomic mass is 79.9. The Bertz CT molecular complexity index is 677. The monoisotopic (exact) mass is 364 g/mol. The second-order valence-electron chi connectivity index (χ2n) is 5.55. The minimum Gasteiger partial charge on any atom is -0.446 e. The summed E-state index contributed by atoms with van der Waals surface area (Å²) in [5.74, 6) is 1.03. The second kappa shape index (κ2) is 6.12. The Balaban J connectivity index is 1.76. The van der Waals surface area contributed by atoms with Crippen LogP contribution in [0.4, 0.5) is 10.5 Å². The number of aromatic nitrogens is 1. The molecule has 0 aliphatic heterocycles. The molecule has 0 spiro atoms. The molecule has 5 nitrogen and oxygen atoms in total.